The first kappa shape index (κ1) is 17.4. The van der Waals surface area contributed by atoms with E-state index in [1.54, 1.807) is 18.2 Å². The Bertz CT molecular complexity index is 799. The maximum absolute atomic E-state index is 9.40. The molecule has 2 rings (SSSR count). The Morgan fingerprint density at radius 2 is 1.92 bits per heavy atom. The summed E-state index contributed by atoms with van der Waals surface area (Å²) < 4.78 is 0. The van der Waals surface area contributed by atoms with Crippen molar-refractivity contribution in [2.45, 2.75) is 19.8 Å². The highest BCUT2D eigenvalue weighted by molar-refractivity contribution is 5.81. The van der Waals surface area contributed by atoms with Crippen LogP contribution in [0.2, 0.25) is 0 Å². The molecule has 0 spiro atoms. The van der Waals surface area contributed by atoms with Gasteiger partial charge in [0.05, 0.1) is 0 Å². The molecule has 0 amide bonds. The lowest BCUT2D eigenvalue weighted by molar-refractivity contribution is 0.475. The van der Waals surface area contributed by atoms with Gasteiger partial charge >= 0.3 is 0 Å². The van der Waals surface area contributed by atoms with Gasteiger partial charge in [0.15, 0.2) is 0 Å². The normalized spacial score (nSPS) is 11.8. The van der Waals surface area contributed by atoms with Crippen LogP contribution in [0.25, 0.3) is 5.57 Å². The number of allylic oxidation sites excluding steroid dienone is 5. The van der Waals surface area contributed by atoms with Gasteiger partial charge in [0.2, 0.25) is 0 Å². The molecule has 0 atom stereocenters. The van der Waals surface area contributed by atoms with Gasteiger partial charge in [0.25, 0.3) is 0 Å². The highest BCUT2D eigenvalue weighted by Crippen LogP contribution is 2.23. The molecule has 0 saturated carbocycles. The summed E-state index contributed by atoms with van der Waals surface area (Å²) in [5.74, 6) is 3.00. The average Bonchev–Trinajstić information content (AvgIpc) is 2.61. The van der Waals surface area contributed by atoms with Crippen molar-refractivity contribution in [3.8, 4) is 18.1 Å². The van der Waals surface area contributed by atoms with Crippen LogP contribution in [0.1, 0.15) is 30.0 Å². The summed E-state index contributed by atoms with van der Waals surface area (Å²) in [5.41, 5.74) is 5.24. The van der Waals surface area contributed by atoms with Crippen LogP contribution in [-0.4, -0.2) is 5.11 Å². The molecule has 0 radical (unpaired) electrons. The summed E-state index contributed by atoms with van der Waals surface area (Å²) in [6, 6.07) is 15.7. The zero-order valence-electron chi connectivity index (χ0n) is 14.0. The van der Waals surface area contributed by atoms with E-state index in [0.29, 0.717) is 0 Å². The van der Waals surface area contributed by atoms with Crippen LogP contribution < -0.4 is 0 Å². The topological polar surface area (TPSA) is 20.2 Å². The van der Waals surface area contributed by atoms with Gasteiger partial charge in [-0.1, -0.05) is 74.0 Å². The molecule has 2 aromatic rings. The van der Waals surface area contributed by atoms with Crippen molar-refractivity contribution in [3.63, 3.8) is 0 Å². The first-order valence-electron chi connectivity index (χ1n) is 8.05. The predicted molar refractivity (Wildman–Crippen MR) is 103 cm³/mol. The average molecular weight is 314 g/mol. The highest BCUT2D eigenvalue weighted by atomic mass is 16.3. The molecule has 0 unspecified atom stereocenters. The summed E-state index contributed by atoms with van der Waals surface area (Å²) in [5, 5.41) is 9.40. The highest BCUT2D eigenvalue weighted by Gasteiger charge is 2.05. The van der Waals surface area contributed by atoms with Crippen LogP contribution in [0.3, 0.4) is 0 Å². The third-order valence-electron chi connectivity index (χ3n) is 3.75. The lowest BCUT2D eigenvalue weighted by atomic mass is 9.95. The molecule has 0 aliphatic carbocycles. The Hall–Kier alpha value is -2.98. The number of hydrogen-bond acceptors (Lipinski definition) is 1. The molecule has 0 fully saturated rings. The molecular weight excluding hydrogens is 292 g/mol. The van der Waals surface area contributed by atoms with Gasteiger partial charge in [-0.2, -0.15) is 0 Å². The van der Waals surface area contributed by atoms with Gasteiger partial charge < -0.3 is 5.11 Å². The summed E-state index contributed by atoms with van der Waals surface area (Å²) >= 11 is 0. The smallest absolute Gasteiger partial charge is 0.115 e. The van der Waals surface area contributed by atoms with Crippen LogP contribution in [0.4, 0.5) is 0 Å². The third-order valence-corrected chi connectivity index (χ3v) is 3.75. The van der Waals surface area contributed by atoms with E-state index in [9.17, 15) is 5.11 Å². The zero-order valence-corrected chi connectivity index (χ0v) is 14.0. The van der Waals surface area contributed by atoms with E-state index in [2.05, 4.69) is 49.8 Å². The molecule has 0 aromatic heterocycles. The van der Waals surface area contributed by atoms with E-state index in [0.717, 1.165) is 35.1 Å². The lowest BCUT2D eigenvalue weighted by Crippen LogP contribution is -1.92. The fourth-order valence-electron chi connectivity index (χ4n) is 2.52. The molecule has 0 aliphatic rings. The van der Waals surface area contributed by atoms with Gasteiger partial charge in [-0.15, -0.1) is 6.42 Å². The van der Waals surface area contributed by atoms with Crippen molar-refractivity contribution in [3.05, 3.63) is 95.6 Å². The maximum atomic E-state index is 9.40. The molecule has 1 heteroatoms. The second kappa shape index (κ2) is 8.60. The fourth-order valence-corrected chi connectivity index (χ4v) is 2.52. The van der Waals surface area contributed by atoms with Crippen LogP contribution in [0, 0.1) is 12.3 Å². The third kappa shape index (κ3) is 4.51. The Balaban J connectivity index is 2.38. The number of rotatable bonds is 6. The minimum Gasteiger partial charge on any atom is -0.508 e. The van der Waals surface area contributed by atoms with E-state index in [4.69, 9.17) is 6.42 Å². The molecule has 24 heavy (non-hydrogen) atoms. The minimum atomic E-state index is 0.284. The second-order valence-corrected chi connectivity index (χ2v) is 5.53. The number of terminal acetylenes is 1. The van der Waals surface area contributed by atoms with Crippen molar-refractivity contribution in [2.75, 3.05) is 0 Å². The summed E-state index contributed by atoms with van der Waals surface area (Å²) in [7, 11) is 0. The summed E-state index contributed by atoms with van der Waals surface area (Å²) in [4.78, 5) is 0. The second-order valence-electron chi connectivity index (χ2n) is 5.53. The maximum Gasteiger partial charge on any atom is 0.115 e. The first-order valence-corrected chi connectivity index (χ1v) is 8.05. The van der Waals surface area contributed by atoms with Crippen molar-refractivity contribution >= 4 is 5.57 Å². The number of phenols is 1. The van der Waals surface area contributed by atoms with Crippen LogP contribution in [-0.2, 0) is 6.42 Å². The lowest BCUT2D eigenvalue weighted by Gasteiger charge is -2.09. The SMILES string of the molecule is C#CC(C=C)=C(C=CCC)c1cccc(Cc2ccc(O)cc2)c1. The van der Waals surface area contributed by atoms with E-state index < -0.39 is 0 Å². The van der Waals surface area contributed by atoms with E-state index >= 15 is 0 Å². The molecule has 1 nitrogen and oxygen atoms in total. The van der Waals surface area contributed by atoms with E-state index in [1.165, 1.54) is 5.56 Å². The number of hydrogen-bond donors (Lipinski definition) is 1. The van der Waals surface area contributed by atoms with Gasteiger partial charge in [-0.25, -0.2) is 0 Å². The van der Waals surface area contributed by atoms with E-state index in [-0.39, 0.29) is 5.75 Å². The number of aromatic hydroxyl groups is 1. The Kier molecular flexibility index (Phi) is 6.23. The van der Waals surface area contributed by atoms with Gasteiger partial charge in [-0.05, 0) is 47.2 Å². The fraction of sp³-hybridized carbons (Fsp3) is 0.130. The largest absolute Gasteiger partial charge is 0.508 e. The first-order chi connectivity index (χ1) is 11.7. The zero-order chi connectivity index (χ0) is 17.4. The predicted octanol–water partition coefficient (Wildman–Crippen LogP) is 5.52. The van der Waals surface area contributed by atoms with Crippen molar-refractivity contribution < 1.29 is 5.11 Å². The molecule has 0 saturated heterocycles. The molecule has 120 valence electrons. The quantitative estimate of drug-likeness (QED) is 0.549. The Morgan fingerprint density at radius 1 is 1.17 bits per heavy atom. The van der Waals surface area contributed by atoms with Crippen molar-refractivity contribution in [1.29, 1.82) is 0 Å². The molecular formula is C23H22O. The number of benzene rings is 2. The molecule has 2 aromatic carbocycles. The van der Waals surface area contributed by atoms with Crippen molar-refractivity contribution in [2.24, 2.45) is 0 Å². The van der Waals surface area contributed by atoms with E-state index in [1.807, 2.05) is 18.2 Å². The molecule has 0 aliphatic heterocycles. The van der Waals surface area contributed by atoms with Gasteiger partial charge in [0, 0.05) is 5.57 Å². The van der Waals surface area contributed by atoms with Crippen LogP contribution >= 0.6 is 0 Å². The monoisotopic (exact) mass is 314 g/mol. The minimum absolute atomic E-state index is 0.284. The molecule has 0 heterocycles. The van der Waals surface area contributed by atoms with Crippen LogP contribution in [0.5, 0.6) is 5.75 Å². The van der Waals surface area contributed by atoms with Crippen LogP contribution in [0.15, 0.2) is 78.9 Å². The Labute approximate surface area is 144 Å². The standard InChI is InChI=1S/C23H22O/c1-4-7-11-23(20(5-2)6-3)21-10-8-9-19(17-21)16-18-12-14-22(24)15-13-18/h2,6-15,17,24H,3-4,16H2,1H3. The Morgan fingerprint density at radius 3 is 2.54 bits per heavy atom. The van der Waals surface area contributed by atoms with Gasteiger partial charge in [-0.3, -0.25) is 0 Å². The summed E-state index contributed by atoms with van der Waals surface area (Å²) in [6.45, 7) is 5.92. The van der Waals surface area contributed by atoms with Crippen molar-refractivity contribution in [1.82, 2.24) is 0 Å². The molecule has 1 N–H and O–H groups in total. The van der Waals surface area contributed by atoms with Gasteiger partial charge in [0.1, 0.15) is 5.75 Å². The summed E-state index contributed by atoms with van der Waals surface area (Å²) in [6.07, 6.45) is 13.3. The number of phenolic OH excluding ortho intramolecular Hbond substituents is 1. The molecule has 0 bridgehead atoms.